The van der Waals surface area contributed by atoms with Crippen molar-refractivity contribution in [2.75, 3.05) is 18.1 Å². The van der Waals surface area contributed by atoms with Crippen LogP contribution in [0.25, 0.3) is 0 Å². The van der Waals surface area contributed by atoms with Crippen LogP contribution in [0.5, 0.6) is 0 Å². The summed E-state index contributed by atoms with van der Waals surface area (Å²) in [5, 5.41) is 9.82. The molecule has 0 bridgehead atoms. The molecule has 2 amide bonds. The fraction of sp³-hybridized carbons (Fsp3) is 0.556. The van der Waals surface area contributed by atoms with Crippen molar-refractivity contribution in [3.8, 4) is 0 Å². The molecule has 1 aromatic carbocycles. The summed E-state index contributed by atoms with van der Waals surface area (Å²) >= 11 is 0. The Bertz CT molecular complexity index is 655. The summed E-state index contributed by atoms with van der Waals surface area (Å²) in [6.45, 7) is 2.07. The minimum Gasteiger partial charge on any atom is -0.394 e. The summed E-state index contributed by atoms with van der Waals surface area (Å²) in [4.78, 5) is 28.2. The zero-order chi connectivity index (χ0) is 16.1. The lowest BCUT2D eigenvalue weighted by Crippen LogP contribution is -2.70. The predicted molar refractivity (Wildman–Crippen MR) is 86.1 cm³/mol. The normalized spacial score (nSPS) is 28.7. The molecular formula is C18H22N2O3. The third-order valence-corrected chi connectivity index (χ3v) is 5.52. The molecule has 5 nitrogen and oxygen atoms in total. The number of carbonyl (C=O) groups is 2. The van der Waals surface area contributed by atoms with Crippen LogP contribution >= 0.6 is 0 Å². The first-order valence-electron chi connectivity index (χ1n) is 8.41. The fourth-order valence-electron chi connectivity index (χ4n) is 4.21. The minimum atomic E-state index is -0.151. The van der Waals surface area contributed by atoms with E-state index in [-0.39, 0.29) is 36.4 Å². The van der Waals surface area contributed by atoms with Gasteiger partial charge in [-0.15, -0.1) is 0 Å². The van der Waals surface area contributed by atoms with E-state index in [2.05, 4.69) is 0 Å². The Balaban J connectivity index is 1.66. The zero-order valence-corrected chi connectivity index (χ0v) is 13.3. The van der Waals surface area contributed by atoms with Crippen molar-refractivity contribution in [1.82, 2.24) is 4.90 Å². The van der Waals surface area contributed by atoms with Crippen LogP contribution in [0.1, 0.15) is 37.7 Å². The number of para-hydroxylation sites is 1. The van der Waals surface area contributed by atoms with E-state index >= 15 is 0 Å². The van der Waals surface area contributed by atoms with Crippen LogP contribution in [-0.4, -0.2) is 47.1 Å². The van der Waals surface area contributed by atoms with Gasteiger partial charge in [0.15, 0.2) is 0 Å². The van der Waals surface area contributed by atoms with Crippen molar-refractivity contribution < 1.29 is 14.7 Å². The maximum Gasteiger partial charge on any atom is 0.223 e. The number of nitrogens with zero attached hydrogens (tertiary/aromatic N) is 2. The molecule has 1 N–H and O–H groups in total. The molecule has 0 aromatic heterocycles. The van der Waals surface area contributed by atoms with E-state index in [1.54, 1.807) is 11.8 Å². The third-order valence-electron chi connectivity index (χ3n) is 5.52. The minimum absolute atomic E-state index is 0.00191. The van der Waals surface area contributed by atoms with Gasteiger partial charge < -0.3 is 14.9 Å². The Morgan fingerprint density at radius 2 is 2.00 bits per heavy atom. The number of carbonyl (C=O) groups excluding carboxylic acids is 2. The highest BCUT2D eigenvalue weighted by atomic mass is 16.3. The van der Waals surface area contributed by atoms with Crippen LogP contribution < -0.4 is 4.90 Å². The van der Waals surface area contributed by atoms with Gasteiger partial charge in [0.05, 0.1) is 18.7 Å². The summed E-state index contributed by atoms with van der Waals surface area (Å²) in [7, 11) is 0. The zero-order valence-electron chi connectivity index (χ0n) is 13.3. The highest BCUT2D eigenvalue weighted by Crippen LogP contribution is 2.49. The molecule has 5 heteroatoms. The van der Waals surface area contributed by atoms with Crippen molar-refractivity contribution >= 4 is 17.5 Å². The number of likely N-dealkylation sites (tertiary alicyclic amines) is 1. The molecule has 1 aromatic rings. The topological polar surface area (TPSA) is 60.9 Å². The molecular weight excluding hydrogens is 292 g/mol. The molecule has 0 spiro atoms. The first-order valence-corrected chi connectivity index (χ1v) is 8.41. The molecule has 3 atom stereocenters. The van der Waals surface area contributed by atoms with Crippen molar-refractivity contribution in [2.24, 2.45) is 5.92 Å². The van der Waals surface area contributed by atoms with Crippen LogP contribution in [0.15, 0.2) is 24.3 Å². The number of hydrogen-bond acceptors (Lipinski definition) is 3. The molecule has 0 radical (unpaired) electrons. The largest absolute Gasteiger partial charge is 0.394 e. The van der Waals surface area contributed by atoms with Gasteiger partial charge in [-0.3, -0.25) is 9.59 Å². The van der Waals surface area contributed by atoms with Crippen molar-refractivity contribution in [3.05, 3.63) is 29.8 Å². The van der Waals surface area contributed by atoms with Gasteiger partial charge in [-0.25, -0.2) is 0 Å². The number of fused-ring (bicyclic) bond motifs is 3. The van der Waals surface area contributed by atoms with Crippen molar-refractivity contribution in [2.45, 2.75) is 44.2 Å². The van der Waals surface area contributed by atoms with Gasteiger partial charge in [0.2, 0.25) is 11.8 Å². The Hall–Kier alpha value is -1.88. The SMILES string of the molecule is CC(=O)N1C[C@@H]2[C@H](c3ccccc31)[C@@H](CO)N2C(=O)CC1CC1. The first kappa shape index (κ1) is 14.7. The van der Waals surface area contributed by atoms with Gasteiger partial charge >= 0.3 is 0 Å². The second-order valence-electron chi connectivity index (χ2n) is 6.98. The number of amides is 2. The smallest absolute Gasteiger partial charge is 0.223 e. The number of rotatable bonds is 3. The molecule has 2 heterocycles. The first-order chi connectivity index (χ1) is 11.1. The molecule has 122 valence electrons. The maximum atomic E-state index is 12.6. The second-order valence-corrected chi connectivity index (χ2v) is 6.98. The van der Waals surface area contributed by atoms with Gasteiger partial charge in [-0.2, -0.15) is 0 Å². The Labute approximate surface area is 135 Å². The van der Waals surface area contributed by atoms with Crippen LogP contribution in [0.4, 0.5) is 5.69 Å². The summed E-state index contributed by atoms with van der Waals surface area (Å²) < 4.78 is 0. The number of aliphatic hydroxyl groups excluding tert-OH is 1. The van der Waals surface area contributed by atoms with Crippen molar-refractivity contribution in [3.63, 3.8) is 0 Å². The maximum absolute atomic E-state index is 12.6. The van der Waals surface area contributed by atoms with E-state index in [0.717, 1.165) is 24.1 Å². The molecule has 1 saturated carbocycles. The monoisotopic (exact) mass is 314 g/mol. The quantitative estimate of drug-likeness (QED) is 0.920. The highest BCUT2D eigenvalue weighted by molar-refractivity contribution is 5.94. The van der Waals surface area contributed by atoms with E-state index in [4.69, 9.17) is 0 Å². The van der Waals surface area contributed by atoms with Gasteiger partial charge in [-0.1, -0.05) is 18.2 Å². The number of hydrogen-bond donors (Lipinski definition) is 1. The molecule has 3 aliphatic rings. The van der Waals surface area contributed by atoms with E-state index in [1.165, 1.54) is 0 Å². The standard InChI is InChI=1S/C18H22N2O3/c1-11(22)19-9-15-18(13-4-2-3-5-14(13)19)16(10-21)20(15)17(23)8-12-6-7-12/h2-5,12,15-16,18,21H,6-10H2,1H3/t15-,16-,18+/m1/s1. The van der Waals surface area contributed by atoms with Crippen LogP contribution in [0.3, 0.4) is 0 Å². The Morgan fingerprint density at radius 3 is 2.65 bits per heavy atom. The van der Waals surface area contributed by atoms with Crippen molar-refractivity contribution in [1.29, 1.82) is 0 Å². The predicted octanol–water partition coefficient (Wildman–Crippen LogP) is 1.51. The van der Waals surface area contributed by atoms with Gasteiger partial charge in [0.25, 0.3) is 0 Å². The van der Waals surface area contributed by atoms with E-state index < -0.39 is 0 Å². The summed E-state index contributed by atoms with van der Waals surface area (Å²) in [6.07, 6.45) is 2.86. The molecule has 23 heavy (non-hydrogen) atoms. The van der Waals surface area contributed by atoms with Crippen LogP contribution in [0, 0.1) is 5.92 Å². The summed E-state index contributed by atoms with van der Waals surface area (Å²) in [5.41, 5.74) is 2.00. The average Bonchev–Trinajstić information content (AvgIpc) is 3.31. The molecule has 4 rings (SSSR count). The third kappa shape index (κ3) is 2.26. The van der Waals surface area contributed by atoms with Gasteiger partial charge in [0.1, 0.15) is 0 Å². The molecule has 2 aliphatic heterocycles. The molecule has 2 fully saturated rings. The Morgan fingerprint density at radius 1 is 1.26 bits per heavy atom. The van der Waals surface area contributed by atoms with E-state index in [1.807, 2.05) is 29.2 Å². The van der Waals surface area contributed by atoms with Crippen LogP contribution in [-0.2, 0) is 9.59 Å². The lowest BCUT2D eigenvalue weighted by atomic mass is 9.71. The lowest BCUT2D eigenvalue weighted by Gasteiger charge is -2.59. The lowest BCUT2D eigenvalue weighted by molar-refractivity contribution is -0.151. The van der Waals surface area contributed by atoms with Gasteiger partial charge in [-0.05, 0) is 30.4 Å². The van der Waals surface area contributed by atoms with E-state index in [9.17, 15) is 14.7 Å². The van der Waals surface area contributed by atoms with Crippen LogP contribution in [0.2, 0.25) is 0 Å². The summed E-state index contributed by atoms with van der Waals surface area (Å²) in [6, 6.07) is 7.71. The molecule has 1 aliphatic carbocycles. The van der Waals surface area contributed by atoms with E-state index in [0.29, 0.717) is 18.9 Å². The summed E-state index contributed by atoms with van der Waals surface area (Å²) in [5.74, 6) is 0.796. The Kier molecular flexibility index (Phi) is 3.41. The molecule has 0 unspecified atom stereocenters. The number of benzene rings is 1. The second kappa shape index (κ2) is 5.34. The van der Waals surface area contributed by atoms with Gasteiger partial charge in [0, 0.05) is 31.5 Å². The number of aliphatic hydroxyl groups is 1. The fourth-order valence-corrected chi connectivity index (χ4v) is 4.21. The molecule has 1 saturated heterocycles. The number of anilines is 1. The highest BCUT2D eigenvalue weighted by Gasteiger charge is 2.55. The average molecular weight is 314 g/mol.